The second-order valence-electron chi connectivity index (χ2n) is 1.00. The molecule has 0 aliphatic rings. The molecule has 0 aromatic rings. The normalized spacial score (nSPS) is 6.00. The van der Waals surface area contributed by atoms with Gasteiger partial charge in [-0.25, -0.2) is 0 Å². The van der Waals surface area contributed by atoms with E-state index < -0.39 is 0 Å². The molecular weight excluding hydrogens is 179 g/mol. The van der Waals surface area contributed by atoms with Crippen LogP contribution >= 0.6 is 0 Å². The van der Waals surface area contributed by atoms with Gasteiger partial charge in [-0.3, -0.25) is 0 Å². The monoisotopic (exact) mass is 192 g/mol. The fourth-order valence-corrected chi connectivity index (χ4v) is 0. The van der Waals surface area contributed by atoms with Crippen LogP contribution in [0.4, 0.5) is 0 Å². The molecule has 0 aromatic carbocycles. The molecule has 0 aliphatic heterocycles. The Kier molecular flexibility index (Phi) is 28.2. The van der Waals surface area contributed by atoms with Crippen LogP contribution in [-0.2, 0) is 0 Å². The summed E-state index contributed by atoms with van der Waals surface area (Å²) in [5, 5.41) is 0. The van der Waals surface area contributed by atoms with E-state index >= 15 is 0 Å². The molecule has 6 heavy (non-hydrogen) atoms. The van der Waals surface area contributed by atoms with Crippen LogP contribution in [0.1, 0.15) is 13.8 Å². The quantitative estimate of drug-likeness (QED) is 0.512. The van der Waals surface area contributed by atoms with E-state index in [0.717, 1.165) is 0 Å². The first kappa shape index (κ1) is 9.93. The van der Waals surface area contributed by atoms with Crippen molar-refractivity contribution < 1.29 is 0 Å². The molecule has 0 saturated carbocycles. The van der Waals surface area contributed by atoms with Gasteiger partial charge in [0.15, 0.2) is 0 Å². The van der Waals surface area contributed by atoms with Crippen LogP contribution in [0.5, 0.6) is 0 Å². The molecule has 0 amide bonds. The van der Waals surface area contributed by atoms with Gasteiger partial charge in [0.2, 0.25) is 0 Å². The zero-order chi connectivity index (χ0) is 5.41. The van der Waals surface area contributed by atoms with E-state index in [-0.39, 0.29) is 21.1 Å². The van der Waals surface area contributed by atoms with Crippen molar-refractivity contribution in [1.29, 1.82) is 0 Å². The molecule has 0 nitrogen and oxygen atoms in total. The molecule has 0 rings (SSSR count). The molecule has 1 heteroatoms. The van der Waals surface area contributed by atoms with Gasteiger partial charge < -0.3 is 0 Å². The fraction of sp³-hybridized carbons (Fsp3) is 0.800. The Bertz CT molecular complexity index is 5.90. The second kappa shape index (κ2) is 17.0. The molecule has 0 atom stereocenters. The number of hydrogen-bond acceptors (Lipinski definition) is 0. The number of rotatable bonds is 0. The van der Waals surface area contributed by atoms with E-state index in [1.807, 2.05) is 13.8 Å². The average Bonchev–Trinajstić information content (AvgIpc) is 1.39. The third-order valence-corrected chi connectivity index (χ3v) is 0. The van der Waals surface area contributed by atoms with Crippen LogP contribution in [-0.4, -0.2) is 21.1 Å². The van der Waals surface area contributed by atoms with Gasteiger partial charge in [-0.2, -0.15) is 0 Å². The second-order valence-corrected chi connectivity index (χ2v) is 3.85. The Morgan fingerprint density at radius 1 is 1.17 bits per heavy atom. The Hall–Kier alpha value is 0.799. The van der Waals surface area contributed by atoms with Crippen molar-refractivity contribution in [3.05, 3.63) is 6.42 Å². The topological polar surface area (TPSA) is 0 Å². The van der Waals surface area contributed by atoms with Crippen LogP contribution in [0.25, 0.3) is 0 Å². The van der Waals surface area contributed by atoms with Crippen molar-refractivity contribution in [3.63, 3.8) is 0 Å². The molecule has 0 heterocycles. The van der Waals surface area contributed by atoms with Crippen molar-refractivity contribution in [2.24, 2.45) is 0 Å². The van der Waals surface area contributed by atoms with Crippen LogP contribution < -0.4 is 0 Å². The molecule has 36 valence electrons. The Labute approximate surface area is 51.5 Å². The predicted octanol–water partition coefficient (Wildman–Crippen LogP) is 1.89. The summed E-state index contributed by atoms with van der Waals surface area (Å²) in [5.41, 5.74) is 0. The van der Waals surface area contributed by atoms with E-state index in [4.69, 9.17) is 0 Å². The third kappa shape index (κ3) is 109. The zero-order valence-electron chi connectivity index (χ0n) is 5.00. The Morgan fingerprint density at radius 3 is 1.17 bits per heavy atom. The van der Waals surface area contributed by atoms with Gasteiger partial charge >= 0.3 is 31.0 Å². The summed E-state index contributed by atoms with van der Waals surface area (Å²) in [6, 6.07) is 0. The van der Waals surface area contributed by atoms with Gasteiger partial charge in [0.1, 0.15) is 0 Å². The average molecular weight is 191 g/mol. The molecule has 0 saturated heterocycles. The molecule has 0 bridgehead atoms. The van der Waals surface area contributed by atoms with Crippen LogP contribution in [0.3, 0.4) is 0 Å². The van der Waals surface area contributed by atoms with Gasteiger partial charge in [0.25, 0.3) is 0 Å². The first-order valence-corrected chi connectivity index (χ1v) is 7.71. The Balaban J connectivity index is 0. The molecule has 4 radical (unpaired) electrons. The van der Waals surface area contributed by atoms with Crippen molar-refractivity contribution in [3.8, 4) is 0 Å². The van der Waals surface area contributed by atoms with E-state index in [0.29, 0.717) is 0 Å². The fourth-order valence-electron chi connectivity index (χ4n) is 0. The summed E-state index contributed by atoms with van der Waals surface area (Å²) >= 11 is 0.230. The van der Waals surface area contributed by atoms with Crippen molar-refractivity contribution in [2.75, 3.05) is 0 Å². The molecular formula is C5H12Sn. The van der Waals surface area contributed by atoms with Gasteiger partial charge in [-0.15, -0.1) is 0 Å². The van der Waals surface area contributed by atoms with Crippen molar-refractivity contribution in [1.82, 2.24) is 0 Å². The first-order chi connectivity index (χ1) is 2.83. The maximum absolute atomic E-state index is 2.75. The van der Waals surface area contributed by atoms with Gasteiger partial charge in [0.05, 0.1) is 0 Å². The van der Waals surface area contributed by atoms with E-state index in [1.54, 1.807) is 0 Å². The molecule has 0 aromatic heterocycles. The molecule has 0 N–H and O–H groups in total. The molecule has 0 aliphatic carbocycles. The van der Waals surface area contributed by atoms with Gasteiger partial charge in [0, 0.05) is 0 Å². The van der Waals surface area contributed by atoms with Crippen molar-refractivity contribution in [2.45, 2.75) is 23.7 Å². The summed E-state index contributed by atoms with van der Waals surface area (Å²) in [6.45, 7) is 3.75. The van der Waals surface area contributed by atoms with E-state index in [2.05, 4.69) is 16.3 Å². The molecule has 0 fully saturated rings. The minimum atomic E-state index is 0.230. The van der Waals surface area contributed by atoms with Crippen molar-refractivity contribution >= 4 is 21.1 Å². The number of hydrogen-bond donors (Lipinski definition) is 0. The zero-order valence-corrected chi connectivity index (χ0v) is 7.85. The summed E-state index contributed by atoms with van der Waals surface area (Å²) in [4.78, 5) is 4.59. The standard InChI is InChI=1S/C3H6.2CH3.Sn/c1-3-2;;;/h1-2H3;2*1H3;. The van der Waals surface area contributed by atoms with E-state index in [9.17, 15) is 0 Å². The van der Waals surface area contributed by atoms with Gasteiger partial charge in [-0.1, -0.05) is 13.8 Å². The summed E-state index contributed by atoms with van der Waals surface area (Å²) in [5.74, 6) is 0. The van der Waals surface area contributed by atoms with Gasteiger partial charge in [-0.05, 0) is 6.42 Å². The summed E-state index contributed by atoms with van der Waals surface area (Å²) in [6.07, 6.45) is 2.75. The first-order valence-electron chi connectivity index (χ1n) is 2.00. The minimum absolute atomic E-state index is 0.230. The Morgan fingerprint density at radius 2 is 1.17 bits per heavy atom. The van der Waals surface area contributed by atoms with Crippen LogP contribution in [0.2, 0.25) is 9.88 Å². The summed E-state index contributed by atoms with van der Waals surface area (Å²) in [7, 11) is 0. The van der Waals surface area contributed by atoms with Crippen LogP contribution in [0.15, 0.2) is 0 Å². The summed E-state index contributed by atoms with van der Waals surface area (Å²) < 4.78 is 0. The predicted molar refractivity (Wildman–Crippen MR) is 32.1 cm³/mol. The SMILES string of the molecule is C[C]C.[CH3][Sn][CH3]. The molecule has 0 unspecified atom stereocenters. The maximum atomic E-state index is 2.75. The van der Waals surface area contributed by atoms with Crippen LogP contribution in [0, 0.1) is 6.42 Å². The molecule has 0 spiro atoms. The van der Waals surface area contributed by atoms with E-state index in [1.165, 1.54) is 0 Å². The third-order valence-electron chi connectivity index (χ3n) is 0.